The van der Waals surface area contributed by atoms with E-state index < -0.39 is 5.97 Å². The van der Waals surface area contributed by atoms with Gasteiger partial charge in [0.25, 0.3) is 0 Å². The zero-order valence-corrected chi connectivity index (χ0v) is 10.8. The van der Waals surface area contributed by atoms with Crippen LogP contribution in [0.2, 0.25) is 0 Å². The molecule has 6 heteroatoms. The summed E-state index contributed by atoms with van der Waals surface area (Å²) < 4.78 is 4.50. The number of rotatable bonds is 5. The van der Waals surface area contributed by atoms with Gasteiger partial charge in [0.2, 0.25) is 5.91 Å². The van der Waals surface area contributed by atoms with Crippen LogP contribution in [0.15, 0.2) is 24.3 Å². The SMILES string of the molecule is COC(=O)CN(C)CC(=O)Nc1ccc(C#N)cc1. The Hall–Kier alpha value is -2.39. The van der Waals surface area contributed by atoms with Gasteiger partial charge >= 0.3 is 5.97 Å². The van der Waals surface area contributed by atoms with Gasteiger partial charge in [-0.25, -0.2) is 0 Å². The van der Waals surface area contributed by atoms with Gasteiger partial charge in [0.05, 0.1) is 31.8 Å². The second kappa shape index (κ2) is 7.13. The van der Waals surface area contributed by atoms with E-state index in [0.29, 0.717) is 11.3 Å². The highest BCUT2D eigenvalue weighted by molar-refractivity contribution is 5.92. The molecule has 0 saturated carbocycles. The summed E-state index contributed by atoms with van der Waals surface area (Å²) in [5.41, 5.74) is 1.14. The molecule has 0 unspecified atom stereocenters. The number of ether oxygens (including phenoxy) is 1. The number of amides is 1. The van der Waals surface area contributed by atoms with Crippen LogP contribution in [0.5, 0.6) is 0 Å². The molecule has 1 amide bonds. The molecule has 100 valence electrons. The van der Waals surface area contributed by atoms with E-state index in [1.54, 1.807) is 36.2 Å². The summed E-state index contributed by atoms with van der Waals surface area (Å²) in [6.07, 6.45) is 0. The molecule has 1 rings (SSSR count). The number of methoxy groups -OCH3 is 1. The van der Waals surface area contributed by atoms with Gasteiger partial charge in [-0.05, 0) is 31.3 Å². The molecule has 0 radical (unpaired) electrons. The normalized spacial score (nSPS) is 9.79. The van der Waals surface area contributed by atoms with E-state index in [9.17, 15) is 9.59 Å². The Morgan fingerprint density at radius 1 is 1.32 bits per heavy atom. The molecule has 1 aromatic carbocycles. The average molecular weight is 261 g/mol. The van der Waals surface area contributed by atoms with Gasteiger partial charge in [0.15, 0.2) is 0 Å². The number of nitrogens with zero attached hydrogens (tertiary/aromatic N) is 2. The van der Waals surface area contributed by atoms with Crippen molar-refractivity contribution in [1.82, 2.24) is 4.90 Å². The molecule has 0 aliphatic heterocycles. The van der Waals surface area contributed by atoms with E-state index >= 15 is 0 Å². The monoisotopic (exact) mass is 261 g/mol. The quantitative estimate of drug-likeness (QED) is 0.785. The van der Waals surface area contributed by atoms with Crippen molar-refractivity contribution in [2.75, 3.05) is 32.6 Å². The highest BCUT2D eigenvalue weighted by atomic mass is 16.5. The molecule has 0 atom stereocenters. The molecule has 1 aromatic rings. The van der Waals surface area contributed by atoms with E-state index in [0.717, 1.165) is 0 Å². The predicted molar refractivity (Wildman–Crippen MR) is 69.3 cm³/mol. The van der Waals surface area contributed by atoms with Crippen molar-refractivity contribution < 1.29 is 14.3 Å². The molecule has 0 spiro atoms. The van der Waals surface area contributed by atoms with Crippen LogP contribution in [-0.2, 0) is 14.3 Å². The lowest BCUT2D eigenvalue weighted by Crippen LogP contribution is -2.34. The first-order valence-corrected chi connectivity index (χ1v) is 5.60. The zero-order chi connectivity index (χ0) is 14.3. The minimum absolute atomic E-state index is 0.0529. The molecule has 0 aliphatic carbocycles. The number of carbonyl (C=O) groups excluding carboxylic acids is 2. The van der Waals surface area contributed by atoms with Crippen LogP contribution >= 0.6 is 0 Å². The summed E-state index contributed by atoms with van der Waals surface area (Å²) in [6, 6.07) is 8.53. The van der Waals surface area contributed by atoms with E-state index in [2.05, 4.69) is 10.1 Å². The third-order valence-electron chi connectivity index (χ3n) is 2.34. The number of nitrogens with one attached hydrogen (secondary N) is 1. The van der Waals surface area contributed by atoms with E-state index in [1.165, 1.54) is 7.11 Å². The van der Waals surface area contributed by atoms with Gasteiger partial charge in [0.1, 0.15) is 0 Å². The molecule has 0 bridgehead atoms. The summed E-state index contributed by atoms with van der Waals surface area (Å²) in [5, 5.41) is 11.3. The van der Waals surface area contributed by atoms with Crippen molar-refractivity contribution in [3.05, 3.63) is 29.8 Å². The van der Waals surface area contributed by atoms with Gasteiger partial charge in [-0.1, -0.05) is 0 Å². The number of hydrogen-bond acceptors (Lipinski definition) is 5. The minimum Gasteiger partial charge on any atom is -0.468 e. The molecule has 0 saturated heterocycles. The van der Waals surface area contributed by atoms with Gasteiger partial charge in [0, 0.05) is 5.69 Å². The van der Waals surface area contributed by atoms with Crippen LogP contribution in [0.25, 0.3) is 0 Å². The van der Waals surface area contributed by atoms with Crippen LogP contribution in [0.4, 0.5) is 5.69 Å². The van der Waals surface area contributed by atoms with Crippen molar-refractivity contribution in [3.63, 3.8) is 0 Å². The Labute approximate surface area is 111 Å². The summed E-state index contributed by atoms with van der Waals surface area (Å²) in [4.78, 5) is 24.2. The fraction of sp³-hybridized carbons (Fsp3) is 0.308. The predicted octanol–water partition coefficient (Wildman–Crippen LogP) is 0.602. The lowest BCUT2D eigenvalue weighted by atomic mass is 10.2. The number of hydrogen-bond donors (Lipinski definition) is 1. The van der Waals surface area contributed by atoms with Gasteiger partial charge in [-0.3, -0.25) is 14.5 Å². The average Bonchev–Trinajstić information content (AvgIpc) is 2.39. The van der Waals surface area contributed by atoms with Crippen molar-refractivity contribution in [2.24, 2.45) is 0 Å². The second-order valence-corrected chi connectivity index (χ2v) is 3.99. The lowest BCUT2D eigenvalue weighted by Gasteiger charge is -2.14. The number of anilines is 1. The maximum atomic E-state index is 11.7. The second-order valence-electron chi connectivity index (χ2n) is 3.99. The molecule has 1 N–H and O–H groups in total. The molecule has 0 aromatic heterocycles. The van der Waals surface area contributed by atoms with E-state index in [-0.39, 0.29) is 19.0 Å². The van der Waals surface area contributed by atoms with Gasteiger partial charge < -0.3 is 10.1 Å². The molecular weight excluding hydrogens is 246 g/mol. The van der Waals surface area contributed by atoms with Crippen molar-refractivity contribution in [3.8, 4) is 6.07 Å². The van der Waals surface area contributed by atoms with Crippen LogP contribution in [0.1, 0.15) is 5.56 Å². The Bertz CT molecular complexity index is 491. The number of carbonyl (C=O) groups is 2. The minimum atomic E-state index is -0.395. The number of benzene rings is 1. The third kappa shape index (κ3) is 5.19. The van der Waals surface area contributed by atoms with Crippen LogP contribution < -0.4 is 5.32 Å². The van der Waals surface area contributed by atoms with E-state index in [4.69, 9.17) is 5.26 Å². The highest BCUT2D eigenvalue weighted by Crippen LogP contribution is 2.08. The van der Waals surface area contributed by atoms with E-state index in [1.807, 2.05) is 6.07 Å². The zero-order valence-electron chi connectivity index (χ0n) is 10.8. The van der Waals surface area contributed by atoms with Crippen molar-refractivity contribution in [1.29, 1.82) is 5.26 Å². The third-order valence-corrected chi connectivity index (χ3v) is 2.34. The number of nitriles is 1. The Kier molecular flexibility index (Phi) is 5.51. The van der Waals surface area contributed by atoms with Crippen LogP contribution in [-0.4, -0.2) is 44.0 Å². The molecule has 0 heterocycles. The summed E-state index contributed by atoms with van der Waals surface area (Å²) in [6.45, 7) is 0.131. The topological polar surface area (TPSA) is 82.4 Å². The molecular formula is C13H15N3O3. The largest absolute Gasteiger partial charge is 0.468 e. The van der Waals surface area contributed by atoms with Gasteiger partial charge in [-0.15, -0.1) is 0 Å². The fourth-order valence-electron chi connectivity index (χ4n) is 1.41. The standard InChI is InChI=1S/C13H15N3O3/c1-16(9-13(18)19-2)8-12(17)15-11-5-3-10(7-14)4-6-11/h3-6H,8-9H2,1-2H3,(H,15,17). The van der Waals surface area contributed by atoms with Gasteiger partial charge in [-0.2, -0.15) is 5.26 Å². The van der Waals surface area contributed by atoms with Crippen LogP contribution in [0, 0.1) is 11.3 Å². The molecule has 0 aliphatic rings. The molecule has 6 nitrogen and oxygen atoms in total. The maximum Gasteiger partial charge on any atom is 0.319 e. The van der Waals surface area contributed by atoms with Crippen molar-refractivity contribution >= 4 is 17.6 Å². The number of likely N-dealkylation sites (N-methyl/N-ethyl adjacent to an activating group) is 1. The Morgan fingerprint density at radius 2 is 1.95 bits per heavy atom. The first kappa shape index (κ1) is 14.7. The summed E-state index contributed by atoms with van der Waals surface area (Å²) in [7, 11) is 2.95. The maximum absolute atomic E-state index is 11.7. The summed E-state index contributed by atoms with van der Waals surface area (Å²) in [5.74, 6) is -0.634. The molecule has 0 fully saturated rings. The number of esters is 1. The Balaban J connectivity index is 2.46. The molecule has 19 heavy (non-hydrogen) atoms. The smallest absolute Gasteiger partial charge is 0.319 e. The van der Waals surface area contributed by atoms with Crippen molar-refractivity contribution in [2.45, 2.75) is 0 Å². The lowest BCUT2D eigenvalue weighted by molar-refractivity contribution is -0.141. The first-order chi connectivity index (χ1) is 9.05. The Morgan fingerprint density at radius 3 is 2.47 bits per heavy atom. The van der Waals surface area contributed by atoms with Crippen LogP contribution in [0.3, 0.4) is 0 Å². The summed E-state index contributed by atoms with van der Waals surface area (Å²) >= 11 is 0. The fourth-order valence-corrected chi connectivity index (χ4v) is 1.41. The first-order valence-electron chi connectivity index (χ1n) is 5.60. The highest BCUT2D eigenvalue weighted by Gasteiger charge is 2.10.